The van der Waals surface area contributed by atoms with Crippen LogP contribution in [0.5, 0.6) is 0 Å². The van der Waals surface area contributed by atoms with Crippen LogP contribution in [0.15, 0.2) is 48.7 Å². The Labute approximate surface area is 159 Å². The van der Waals surface area contributed by atoms with Gasteiger partial charge in [-0.05, 0) is 29.8 Å². The van der Waals surface area contributed by atoms with Crippen LogP contribution in [-0.2, 0) is 22.8 Å². The maximum Gasteiger partial charge on any atom is 0.259 e. The predicted octanol–water partition coefficient (Wildman–Crippen LogP) is 2.41. The smallest absolute Gasteiger partial charge is 0.259 e. The summed E-state index contributed by atoms with van der Waals surface area (Å²) in [6.07, 6.45) is 1.40. The molecule has 0 spiro atoms. The van der Waals surface area contributed by atoms with E-state index >= 15 is 0 Å². The molecule has 10 heteroatoms. The Morgan fingerprint density at radius 2 is 1.96 bits per heavy atom. The molecule has 0 aliphatic rings. The number of anilines is 1. The zero-order valence-corrected chi connectivity index (χ0v) is 15.5. The van der Waals surface area contributed by atoms with Crippen molar-refractivity contribution in [2.45, 2.75) is 5.75 Å². The Bertz CT molecular complexity index is 1160. The van der Waals surface area contributed by atoms with Gasteiger partial charge in [0.25, 0.3) is 5.91 Å². The topological polar surface area (TPSA) is 107 Å². The minimum absolute atomic E-state index is 0.0184. The van der Waals surface area contributed by atoms with Crippen LogP contribution in [-0.4, -0.2) is 24.1 Å². The molecule has 1 amide bonds. The molecule has 1 heterocycles. The fourth-order valence-corrected chi connectivity index (χ4v) is 3.35. The van der Waals surface area contributed by atoms with Gasteiger partial charge in [0.15, 0.2) is 0 Å². The van der Waals surface area contributed by atoms with Crippen molar-refractivity contribution in [3.63, 3.8) is 0 Å². The van der Waals surface area contributed by atoms with Gasteiger partial charge in [-0.3, -0.25) is 9.48 Å². The highest BCUT2D eigenvalue weighted by Gasteiger charge is 2.20. The standard InChI is InChI=1S/C18H16F2N4O3S/c1-24-9-15(17(23-24)14-6-5-12(19)8-16(14)20)18(25)22-13-4-2-3-11(7-13)10-28(21,26)27/h2-9H,10H2,1H3,(H,22,25)(H2,21,26,27). The zero-order chi connectivity index (χ0) is 20.5. The number of aryl methyl sites for hydroxylation is 1. The summed E-state index contributed by atoms with van der Waals surface area (Å²) in [5.74, 6) is -2.55. The predicted molar refractivity (Wildman–Crippen MR) is 99.8 cm³/mol. The van der Waals surface area contributed by atoms with Crippen molar-refractivity contribution < 1.29 is 22.0 Å². The summed E-state index contributed by atoms with van der Waals surface area (Å²) < 4.78 is 51.1. The second kappa shape index (κ2) is 7.49. The first kappa shape index (κ1) is 19.6. The summed E-state index contributed by atoms with van der Waals surface area (Å²) in [6.45, 7) is 0. The van der Waals surface area contributed by atoms with Crippen LogP contribution in [0.25, 0.3) is 11.3 Å². The maximum atomic E-state index is 14.1. The first-order valence-corrected chi connectivity index (χ1v) is 9.74. The summed E-state index contributed by atoms with van der Waals surface area (Å²) in [7, 11) is -2.16. The summed E-state index contributed by atoms with van der Waals surface area (Å²) in [5.41, 5.74) is 0.843. The number of nitrogens with zero attached hydrogens (tertiary/aromatic N) is 2. The van der Waals surface area contributed by atoms with E-state index in [9.17, 15) is 22.0 Å². The van der Waals surface area contributed by atoms with Gasteiger partial charge in [0.1, 0.15) is 17.3 Å². The molecule has 146 valence electrons. The maximum absolute atomic E-state index is 14.1. The molecule has 0 bridgehead atoms. The molecule has 1 aromatic heterocycles. The molecule has 0 unspecified atom stereocenters. The number of benzene rings is 2. The molecular weight excluding hydrogens is 390 g/mol. The third kappa shape index (κ3) is 4.59. The molecule has 0 saturated carbocycles. The monoisotopic (exact) mass is 406 g/mol. The van der Waals surface area contributed by atoms with Crippen molar-refractivity contribution in [1.29, 1.82) is 0 Å². The van der Waals surface area contributed by atoms with E-state index in [1.165, 1.54) is 23.0 Å². The number of primary sulfonamides is 1. The fourth-order valence-electron chi connectivity index (χ4n) is 2.70. The van der Waals surface area contributed by atoms with Gasteiger partial charge in [0.2, 0.25) is 10.0 Å². The number of hydrogen-bond acceptors (Lipinski definition) is 4. The van der Waals surface area contributed by atoms with E-state index in [0.29, 0.717) is 17.3 Å². The summed E-state index contributed by atoms with van der Waals surface area (Å²) in [6, 6.07) is 9.16. The van der Waals surface area contributed by atoms with Crippen molar-refractivity contribution in [3.8, 4) is 11.3 Å². The van der Waals surface area contributed by atoms with Crippen LogP contribution in [0.1, 0.15) is 15.9 Å². The second-order valence-electron chi connectivity index (χ2n) is 6.15. The Kier molecular flexibility index (Phi) is 5.25. The molecule has 28 heavy (non-hydrogen) atoms. The van der Waals surface area contributed by atoms with Gasteiger partial charge < -0.3 is 5.32 Å². The lowest BCUT2D eigenvalue weighted by Gasteiger charge is -2.08. The van der Waals surface area contributed by atoms with E-state index in [1.54, 1.807) is 25.2 Å². The van der Waals surface area contributed by atoms with E-state index in [2.05, 4.69) is 10.4 Å². The molecular formula is C18H16F2N4O3S. The van der Waals surface area contributed by atoms with Crippen LogP contribution in [0, 0.1) is 11.6 Å². The molecule has 0 radical (unpaired) electrons. The number of rotatable bonds is 5. The van der Waals surface area contributed by atoms with Crippen LogP contribution in [0.4, 0.5) is 14.5 Å². The number of sulfonamides is 1. The highest BCUT2D eigenvalue weighted by Crippen LogP contribution is 2.26. The zero-order valence-electron chi connectivity index (χ0n) is 14.7. The minimum atomic E-state index is -3.72. The number of nitrogens with one attached hydrogen (secondary N) is 1. The molecule has 3 N–H and O–H groups in total. The Morgan fingerprint density at radius 1 is 1.21 bits per heavy atom. The number of nitrogens with two attached hydrogens (primary N) is 1. The van der Waals surface area contributed by atoms with Crippen LogP contribution in [0.3, 0.4) is 0 Å². The summed E-state index contributed by atoms with van der Waals surface area (Å²) in [5, 5.41) is 11.7. The average Bonchev–Trinajstić information content (AvgIpc) is 2.95. The van der Waals surface area contributed by atoms with Crippen LogP contribution in [0.2, 0.25) is 0 Å². The largest absolute Gasteiger partial charge is 0.322 e. The molecule has 0 aliphatic heterocycles. The molecule has 0 fully saturated rings. The molecule has 0 atom stereocenters. The van der Waals surface area contributed by atoms with Crippen LogP contribution < -0.4 is 10.5 Å². The average molecular weight is 406 g/mol. The van der Waals surface area contributed by atoms with Crippen molar-refractivity contribution in [3.05, 3.63) is 71.4 Å². The van der Waals surface area contributed by atoms with Gasteiger partial charge in [0, 0.05) is 30.6 Å². The molecule has 7 nitrogen and oxygen atoms in total. The number of hydrogen-bond donors (Lipinski definition) is 2. The number of carbonyl (C=O) groups is 1. The van der Waals surface area contributed by atoms with Gasteiger partial charge in [-0.15, -0.1) is 0 Å². The molecule has 2 aromatic carbocycles. The van der Waals surface area contributed by atoms with E-state index in [1.807, 2.05) is 0 Å². The van der Waals surface area contributed by atoms with E-state index in [-0.39, 0.29) is 22.6 Å². The fraction of sp³-hybridized carbons (Fsp3) is 0.111. The number of halogens is 2. The normalized spacial score (nSPS) is 11.4. The van der Waals surface area contributed by atoms with Gasteiger partial charge in [-0.1, -0.05) is 12.1 Å². The van der Waals surface area contributed by atoms with Crippen molar-refractivity contribution in [1.82, 2.24) is 9.78 Å². The lowest BCUT2D eigenvalue weighted by Crippen LogP contribution is -2.15. The van der Waals surface area contributed by atoms with Gasteiger partial charge in [0.05, 0.1) is 11.3 Å². The number of amides is 1. The molecule has 3 aromatic rings. The van der Waals surface area contributed by atoms with E-state index in [0.717, 1.165) is 6.07 Å². The first-order chi connectivity index (χ1) is 13.1. The highest BCUT2D eigenvalue weighted by molar-refractivity contribution is 7.88. The lowest BCUT2D eigenvalue weighted by molar-refractivity contribution is 0.102. The minimum Gasteiger partial charge on any atom is -0.322 e. The SMILES string of the molecule is Cn1cc(C(=O)Nc2cccc(CS(N)(=O)=O)c2)c(-c2ccc(F)cc2F)n1. The lowest BCUT2D eigenvalue weighted by atomic mass is 10.1. The van der Waals surface area contributed by atoms with Gasteiger partial charge in [-0.2, -0.15) is 5.10 Å². The van der Waals surface area contributed by atoms with E-state index in [4.69, 9.17) is 5.14 Å². The first-order valence-electron chi connectivity index (χ1n) is 8.02. The number of carbonyl (C=O) groups excluding carboxylic acids is 1. The Balaban J connectivity index is 1.91. The van der Waals surface area contributed by atoms with Gasteiger partial charge in [-0.25, -0.2) is 22.3 Å². The van der Waals surface area contributed by atoms with E-state index < -0.39 is 27.6 Å². The molecule has 0 aliphatic carbocycles. The van der Waals surface area contributed by atoms with Crippen molar-refractivity contribution >= 4 is 21.6 Å². The molecule has 0 saturated heterocycles. The third-order valence-electron chi connectivity index (χ3n) is 3.81. The van der Waals surface area contributed by atoms with Crippen molar-refractivity contribution in [2.24, 2.45) is 12.2 Å². The van der Waals surface area contributed by atoms with Crippen LogP contribution >= 0.6 is 0 Å². The third-order valence-corrected chi connectivity index (χ3v) is 4.55. The Morgan fingerprint density at radius 3 is 2.64 bits per heavy atom. The van der Waals surface area contributed by atoms with Crippen molar-refractivity contribution in [2.75, 3.05) is 5.32 Å². The van der Waals surface area contributed by atoms with Gasteiger partial charge >= 0.3 is 0 Å². The Hall–Kier alpha value is -3.11. The summed E-state index contributed by atoms with van der Waals surface area (Å²) >= 11 is 0. The summed E-state index contributed by atoms with van der Waals surface area (Å²) in [4.78, 5) is 12.7. The quantitative estimate of drug-likeness (QED) is 0.678. The second-order valence-corrected chi connectivity index (χ2v) is 7.77. The number of aromatic nitrogens is 2. The highest BCUT2D eigenvalue weighted by atomic mass is 32.2. The molecule has 3 rings (SSSR count).